The molecule has 7 unspecified atom stereocenters. The Kier molecular flexibility index (Phi) is 49.7. The highest BCUT2D eigenvalue weighted by Gasteiger charge is 2.44. The van der Waals surface area contributed by atoms with Crippen molar-refractivity contribution in [3.8, 4) is 0 Å². The number of carbonyl (C=O) groups excluding carboxylic acids is 1. The fourth-order valence-electron chi connectivity index (χ4n) is 10.1. The van der Waals surface area contributed by atoms with Crippen molar-refractivity contribution in [2.45, 2.75) is 352 Å². The van der Waals surface area contributed by atoms with E-state index in [4.69, 9.17) is 9.47 Å². The maximum Gasteiger partial charge on any atom is 0.220 e. The molecule has 0 saturated carbocycles. The van der Waals surface area contributed by atoms with Gasteiger partial charge in [-0.2, -0.15) is 0 Å². The van der Waals surface area contributed by atoms with E-state index in [2.05, 4.69) is 31.3 Å². The lowest BCUT2D eigenvalue weighted by atomic mass is 9.99. The number of aliphatic hydroxyl groups excluding tert-OH is 5. The van der Waals surface area contributed by atoms with Gasteiger partial charge in [0.2, 0.25) is 5.91 Å². The van der Waals surface area contributed by atoms with Crippen molar-refractivity contribution < 1.29 is 39.8 Å². The monoisotopic (exact) mass is 1010 g/mol. The highest BCUT2D eigenvalue weighted by atomic mass is 16.7. The Morgan fingerprint density at radius 2 is 0.803 bits per heavy atom. The normalized spacial score (nSPS) is 19.3. The minimum atomic E-state index is -1.57. The zero-order valence-electron chi connectivity index (χ0n) is 46.8. The third-order valence-corrected chi connectivity index (χ3v) is 15.0. The molecule has 6 N–H and O–H groups in total. The number of carbonyl (C=O) groups is 1. The highest BCUT2D eigenvalue weighted by molar-refractivity contribution is 5.76. The van der Waals surface area contributed by atoms with E-state index >= 15 is 0 Å². The van der Waals surface area contributed by atoms with E-state index in [9.17, 15) is 30.3 Å². The quantitative estimate of drug-likeness (QED) is 0.0261. The third kappa shape index (κ3) is 41.6. The van der Waals surface area contributed by atoms with Crippen LogP contribution in [-0.4, -0.2) is 87.5 Å². The van der Waals surface area contributed by atoms with Gasteiger partial charge in [0.1, 0.15) is 24.4 Å². The van der Waals surface area contributed by atoms with E-state index in [1.54, 1.807) is 6.08 Å². The molecule has 1 rings (SSSR count). The molecular formula is C62H119NO8. The van der Waals surface area contributed by atoms with Gasteiger partial charge in [-0.1, -0.05) is 295 Å². The number of unbranched alkanes of at least 4 members (excludes halogenated alkanes) is 42. The second kappa shape index (κ2) is 52.1. The third-order valence-electron chi connectivity index (χ3n) is 15.0. The zero-order chi connectivity index (χ0) is 51.5. The predicted molar refractivity (Wildman–Crippen MR) is 300 cm³/mol. The van der Waals surface area contributed by atoms with Crippen molar-refractivity contribution in [2.24, 2.45) is 0 Å². The van der Waals surface area contributed by atoms with Crippen LogP contribution < -0.4 is 5.32 Å². The van der Waals surface area contributed by atoms with Gasteiger partial charge in [0.15, 0.2) is 6.29 Å². The molecular weight excluding hydrogens is 887 g/mol. The number of hydrogen-bond acceptors (Lipinski definition) is 8. The molecule has 0 aromatic carbocycles. The van der Waals surface area contributed by atoms with Crippen LogP contribution in [-0.2, 0) is 14.3 Å². The summed E-state index contributed by atoms with van der Waals surface area (Å²) >= 11 is 0. The van der Waals surface area contributed by atoms with Gasteiger partial charge in [0.25, 0.3) is 0 Å². The summed E-state index contributed by atoms with van der Waals surface area (Å²) in [5.74, 6) is -0.182. The van der Waals surface area contributed by atoms with E-state index in [0.29, 0.717) is 6.42 Å². The van der Waals surface area contributed by atoms with Gasteiger partial charge < -0.3 is 40.3 Å². The first-order valence-electron chi connectivity index (χ1n) is 31.1. The summed E-state index contributed by atoms with van der Waals surface area (Å²) < 4.78 is 11.2. The van der Waals surface area contributed by atoms with Gasteiger partial charge in [-0.15, -0.1) is 0 Å². The molecule has 0 aliphatic carbocycles. The number of aliphatic hydroxyl groups is 5. The topological polar surface area (TPSA) is 149 Å². The summed E-state index contributed by atoms with van der Waals surface area (Å²) in [4.78, 5) is 13.0. The predicted octanol–water partition coefficient (Wildman–Crippen LogP) is 15.7. The van der Waals surface area contributed by atoms with Crippen LogP contribution in [0.5, 0.6) is 0 Å². The molecule has 0 bridgehead atoms. The molecule has 1 fully saturated rings. The minimum Gasteiger partial charge on any atom is -0.394 e. The standard InChI is InChI=1S/C62H119NO8/c1-3-5-7-9-11-13-15-17-18-19-20-21-22-23-24-25-26-27-28-29-30-31-32-33-34-35-36-37-38-39-40-42-44-46-48-50-52-58(66)63-55(54-70-62-61(69)60(68)59(67)57(53-64)71-62)56(65)51-49-47-45-43-41-16-14-12-10-8-6-4-2/h41,43,49,51,55-57,59-62,64-65,67-69H,3-40,42,44-48,50,52-54H2,1-2H3,(H,63,66)/b43-41+,51-49+. The van der Waals surface area contributed by atoms with Crippen LogP contribution in [0.15, 0.2) is 24.3 Å². The summed E-state index contributed by atoms with van der Waals surface area (Å²) in [6, 6.07) is -0.817. The molecule has 420 valence electrons. The molecule has 1 saturated heterocycles. The molecule has 9 heteroatoms. The average Bonchev–Trinajstić information content (AvgIpc) is 3.37. The smallest absolute Gasteiger partial charge is 0.220 e. The maximum atomic E-state index is 13.0. The van der Waals surface area contributed by atoms with Crippen molar-refractivity contribution >= 4 is 5.91 Å². The second-order valence-electron chi connectivity index (χ2n) is 21.9. The second-order valence-corrected chi connectivity index (χ2v) is 21.9. The summed E-state index contributed by atoms with van der Waals surface area (Å²) in [7, 11) is 0. The lowest BCUT2D eigenvalue weighted by molar-refractivity contribution is -0.302. The molecule has 1 heterocycles. The molecule has 0 radical (unpaired) electrons. The summed E-state index contributed by atoms with van der Waals surface area (Å²) in [5, 5.41) is 54.3. The molecule has 1 amide bonds. The van der Waals surface area contributed by atoms with Crippen molar-refractivity contribution in [2.75, 3.05) is 13.2 Å². The number of allylic oxidation sites excluding steroid dienone is 3. The number of hydrogen-bond donors (Lipinski definition) is 6. The van der Waals surface area contributed by atoms with Gasteiger partial charge in [-0.3, -0.25) is 4.79 Å². The van der Waals surface area contributed by atoms with Gasteiger partial charge in [-0.25, -0.2) is 0 Å². The van der Waals surface area contributed by atoms with Gasteiger partial charge in [0, 0.05) is 6.42 Å². The summed E-state index contributed by atoms with van der Waals surface area (Å²) in [5.41, 5.74) is 0. The molecule has 0 aromatic rings. The number of ether oxygens (including phenoxy) is 2. The van der Waals surface area contributed by atoms with E-state index in [0.717, 1.165) is 38.5 Å². The molecule has 1 aliphatic rings. The van der Waals surface area contributed by atoms with Crippen LogP contribution in [0.25, 0.3) is 0 Å². The Morgan fingerprint density at radius 3 is 1.18 bits per heavy atom. The Balaban J connectivity index is 2.04. The van der Waals surface area contributed by atoms with Crippen LogP contribution in [0.4, 0.5) is 0 Å². The molecule has 0 spiro atoms. The van der Waals surface area contributed by atoms with Gasteiger partial charge >= 0.3 is 0 Å². The van der Waals surface area contributed by atoms with E-state index in [1.807, 2.05) is 6.08 Å². The summed E-state index contributed by atoms with van der Waals surface area (Å²) in [6.45, 7) is 3.77. The largest absolute Gasteiger partial charge is 0.394 e. The van der Waals surface area contributed by atoms with Crippen LogP contribution >= 0.6 is 0 Å². The minimum absolute atomic E-state index is 0.182. The van der Waals surface area contributed by atoms with E-state index in [1.165, 1.54) is 250 Å². The SMILES string of the molecule is CCCCCCCC/C=C/CC/C=C/C(O)C(COC1OC(CO)C(O)C(O)C1O)NC(=O)CCCCCCCCCCCCCCCCCCCCCCCCCCCCCCCCCCCCCC. The fourth-order valence-corrected chi connectivity index (χ4v) is 10.1. The molecule has 7 atom stereocenters. The van der Waals surface area contributed by atoms with Crippen LogP contribution in [0.2, 0.25) is 0 Å². The Labute approximate surface area is 439 Å². The van der Waals surface area contributed by atoms with Crippen molar-refractivity contribution in [3.63, 3.8) is 0 Å². The van der Waals surface area contributed by atoms with Crippen LogP contribution in [0.1, 0.15) is 309 Å². The fraction of sp³-hybridized carbons (Fsp3) is 0.919. The molecule has 9 nitrogen and oxygen atoms in total. The zero-order valence-corrected chi connectivity index (χ0v) is 46.8. The lowest BCUT2D eigenvalue weighted by Crippen LogP contribution is -2.60. The Bertz CT molecular complexity index is 1170. The van der Waals surface area contributed by atoms with Crippen molar-refractivity contribution in [3.05, 3.63) is 24.3 Å². The maximum absolute atomic E-state index is 13.0. The number of rotatable bonds is 54. The van der Waals surface area contributed by atoms with Crippen molar-refractivity contribution in [1.29, 1.82) is 0 Å². The van der Waals surface area contributed by atoms with Gasteiger partial charge in [-0.05, 0) is 32.1 Å². The van der Waals surface area contributed by atoms with Crippen molar-refractivity contribution in [1.82, 2.24) is 5.32 Å². The number of amides is 1. The first kappa shape index (κ1) is 67.7. The molecule has 0 aromatic heterocycles. The van der Waals surface area contributed by atoms with E-state index < -0.39 is 49.5 Å². The number of nitrogens with one attached hydrogen (secondary N) is 1. The van der Waals surface area contributed by atoms with Crippen LogP contribution in [0.3, 0.4) is 0 Å². The summed E-state index contributed by atoms with van der Waals surface area (Å²) in [6.07, 6.45) is 60.1. The van der Waals surface area contributed by atoms with Crippen LogP contribution in [0, 0.1) is 0 Å². The average molecular weight is 1010 g/mol. The molecule has 71 heavy (non-hydrogen) atoms. The van der Waals surface area contributed by atoms with E-state index in [-0.39, 0.29) is 12.5 Å². The highest BCUT2D eigenvalue weighted by Crippen LogP contribution is 2.23. The van der Waals surface area contributed by atoms with Gasteiger partial charge in [0.05, 0.1) is 25.4 Å². The molecule has 1 aliphatic heterocycles. The first-order valence-corrected chi connectivity index (χ1v) is 31.1. The Hall–Kier alpha value is -1.33. The Morgan fingerprint density at radius 1 is 0.465 bits per heavy atom. The lowest BCUT2D eigenvalue weighted by Gasteiger charge is -2.40. The first-order chi connectivity index (χ1) is 34.8.